The molecule has 0 aliphatic heterocycles. The normalized spacial score (nSPS) is 10.8. The second-order valence-corrected chi connectivity index (χ2v) is 7.64. The molecule has 4 nitrogen and oxygen atoms in total. The number of rotatable bonds is 6. The first-order valence-corrected chi connectivity index (χ1v) is 9.16. The maximum absolute atomic E-state index is 12.0. The lowest BCUT2D eigenvalue weighted by Crippen LogP contribution is -2.07. The number of anilines is 1. The number of hydrogen-bond acceptors (Lipinski definition) is 4. The largest absolute Gasteiger partial charge is 0.489 e. The van der Waals surface area contributed by atoms with Crippen LogP contribution in [0.2, 0.25) is 0 Å². The van der Waals surface area contributed by atoms with Crippen LogP contribution in [0.3, 0.4) is 0 Å². The third kappa shape index (κ3) is 5.55. The minimum Gasteiger partial charge on any atom is -0.489 e. The molecule has 3 aromatic rings. The number of nitrogens with zero attached hydrogens (tertiary/aromatic N) is 1. The first kappa shape index (κ1) is 17.4. The molecule has 2 aromatic heterocycles. The predicted molar refractivity (Wildman–Crippen MR) is 105 cm³/mol. The Morgan fingerprint density at radius 2 is 2.16 bits per heavy atom. The van der Waals surface area contributed by atoms with E-state index in [-0.39, 0.29) is 5.91 Å². The van der Waals surface area contributed by atoms with Crippen LogP contribution in [0.1, 0.15) is 10.4 Å². The molecule has 1 amide bonds. The van der Waals surface area contributed by atoms with Crippen LogP contribution in [-0.2, 0) is 11.4 Å². The number of nitrogens with one attached hydrogen (secondary N) is 1. The summed E-state index contributed by atoms with van der Waals surface area (Å²) in [6.45, 7) is 0.429. The molecule has 0 saturated carbocycles. The third-order valence-corrected chi connectivity index (χ3v) is 4.81. The van der Waals surface area contributed by atoms with Gasteiger partial charge in [0.2, 0.25) is 5.91 Å². The summed E-state index contributed by atoms with van der Waals surface area (Å²) in [5, 5.41) is 2.83. The molecule has 0 atom stereocenters. The van der Waals surface area contributed by atoms with E-state index < -0.39 is 0 Å². The van der Waals surface area contributed by atoms with E-state index >= 15 is 0 Å². The zero-order valence-electron chi connectivity index (χ0n) is 13.2. The Balaban J connectivity index is 1.57. The fraction of sp³-hybridized carbons (Fsp3) is 0.0526. The summed E-state index contributed by atoms with van der Waals surface area (Å²) in [4.78, 5) is 17.1. The summed E-state index contributed by atoms with van der Waals surface area (Å²) in [7, 11) is 0. The second-order valence-electron chi connectivity index (χ2n) is 5.14. The monoisotopic (exact) mass is 414 g/mol. The van der Waals surface area contributed by atoms with Crippen molar-refractivity contribution in [2.45, 2.75) is 6.61 Å². The highest BCUT2D eigenvalue weighted by Crippen LogP contribution is 2.23. The Morgan fingerprint density at radius 3 is 2.92 bits per heavy atom. The number of hydrogen-bond donors (Lipinski definition) is 1. The SMILES string of the molecule is O=C(C=Cc1ccc(Br)s1)Nc1cccc(OCc2cccnc2)c1. The van der Waals surface area contributed by atoms with Gasteiger partial charge in [-0.2, -0.15) is 0 Å². The summed E-state index contributed by atoms with van der Waals surface area (Å²) in [6, 6.07) is 15.0. The topological polar surface area (TPSA) is 51.2 Å². The van der Waals surface area contributed by atoms with Gasteiger partial charge in [0.25, 0.3) is 0 Å². The van der Waals surface area contributed by atoms with Gasteiger partial charge in [-0.05, 0) is 52.3 Å². The highest BCUT2D eigenvalue weighted by Gasteiger charge is 2.02. The van der Waals surface area contributed by atoms with Gasteiger partial charge in [0.15, 0.2) is 0 Å². The van der Waals surface area contributed by atoms with E-state index in [2.05, 4.69) is 26.2 Å². The molecule has 1 N–H and O–H groups in total. The molecule has 0 radical (unpaired) electrons. The molecule has 0 spiro atoms. The number of carbonyl (C=O) groups is 1. The number of aromatic nitrogens is 1. The van der Waals surface area contributed by atoms with E-state index in [4.69, 9.17) is 4.74 Å². The van der Waals surface area contributed by atoms with Gasteiger partial charge in [-0.3, -0.25) is 9.78 Å². The Bertz CT molecular complexity index is 878. The lowest BCUT2D eigenvalue weighted by Gasteiger charge is -2.08. The molecular formula is C19H15BrN2O2S. The van der Waals surface area contributed by atoms with Gasteiger partial charge in [0.05, 0.1) is 3.79 Å². The quantitative estimate of drug-likeness (QED) is 0.568. The Kier molecular flexibility index (Phi) is 5.98. The zero-order chi connectivity index (χ0) is 17.5. The molecule has 3 rings (SSSR count). The molecule has 0 unspecified atom stereocenters. The number of halogens is 1. The van der Waals surface area contributed by atoms with Crippen molar-refractivity contribution in [3.8, 4) is 5.75 Å². The van der Waals surface area contributed by atoms with Gasteiger partial charge < -0.3 is 10.1 Å². The number of carbonyl (C=O) groups excluding carboxylic acids is 1. The van der Waals surface area contributed by atoms with Crippen LogP contribution >= 0.6 is 27.3 Å². The summed E-state index contributed by atoms with van der Waals surface area (Å²) in [5.41, 5.74) is 1.67. The van der Waals surface area contributed by atoms with E-state index in [0.717, 1.165) is 14.2 Å². The molecule has 0 aliphatic carbocycles. The van der Waals surface area contributed by atoms with E-state index in [1.807, 2.05) is 42.5 Å². The van der Waals surface area contributed by atoms with Crippen LogP contribution < -0.4 is 10.1 Å². The molecule has 0 saturated heterocycles. The van der Waals surface area contributed by atoms with Crippen molar-refractivity contribution in [3.63, 3.8) is 0 Å². The van der Waals surface area contributed by atoms with E-state index in [0.29, 0.717) is 18.0 Å². The van der Waals surface area contributed by atoms with Crippen molar-refractivity contribution in [3.05, 3.63) is 81.2 Å². The van der Waals surface area contributed by atoms with Gasteiger partial charge in [0.1, 0.15) is 12.4 Å². The van der Waals surface area contributed by atoms with Crippen LogP contribution in [0, 0.1) is 0 Å². The van der Waals surface area contributed by atoms with Crippen molar-refractivity contribution in [2.24, 2.45) is 0 Å². The van der Waals surface area contributed by atoms with Gasteiger partial charge in [0, 0.05) is 40.7 Å². The summed E-state index contributed by atoms with van der Waals surface area (Å²) < 4.78 is 6.77. The molecule has 6 heteroatoms. The van der Waals surface area contributed by atoms with Crippen LogP contribution in [-0.4, -0.2) is 10.9 Å². The van der Waals surface area contributed by atoms with Crippen molar-refractivity contribution in [1.29, 1.82) is 0 Å². The van der Waals surface area contributed by atoms with Crippen LogP contribution in [0.5, 0.6) is 5.75 Å². The van der Waals surface area contributed by atoms with Gasteiger partial charge >= 0.3 is 0 Å². The first-order chi connectivity index (χ1) is 12.2. The third-order valence-electron chi connectivity index (χ3n) is 3.22. The highest BCUT2D eigenvalue weighted by molar-refractivity contribution is 9.11. The van der Waals surface area contributed by atoms with Gasteiger partial charge in [-0.15, -0.1) is 11.3 Å². The van der Waals surface area contributed by atoms with Crippen molar-refractivity contribution in [1.82, 2.24) is 4.98 Å². The molecular weight excluding hydrogens is 400 g/mol. The van der Waals surface area contributed by atoms with E-state index in [1.54, 1.807) is 35.9 Å². The summed E-state index contributed by atoms with van der Waals surface area (Å²) in [6.07, 6.45) is 6.79. The number of thiophene rings is 1. The first-order valence-electron chi connectivity index (χ1n) is 7.55. The maximum Gasteiger partial charge on any atom is 0.248 e. The van der Waals surface area contributed by atoms with E-state index in [1.165, 1.54) is 6.08 Å². The fourth-order valence-electron chi connectivity index (χ4n) is 2.07. The molecule has 1 aromatic carbocycles. The molecule has 126 valence electrons. The highest BCUT2D eigenvalue weighted by atomic mass is 79.9. The maximum atomic E-state index is 12.0. The van der Waals surface area contributed by atoms with Gasteiger partial charge in [-0.1, -0.05) is 12.1 Å². The minimum atomic E-state index is -0.186. The minimum absolute atomic E-state index is 0.186. The Labute approximate surface area is 158 Å². The van der Waals surface area contributed by atoms with Crippen molar-refractivity contribution < 1.29 is 9.53 Å². The summed E-state index contributed by atoms with van der Waals surface area (Å²) in [5.74, 6) is 0.502. The second kappa shape index (κ2) is 8.60. The number of amides is 1. The molecule has 0 aliphatic rings. The molecule has 0 bridgehead atoms. The fourth-order valence-corrected chi connectivity index (χ4v) is 3.40. The van der Waals surface area contributed by atoms with Crippen LogP contribution in [0.25, 0.3) is 6.08 Å². The van der Waals surface area contributed by atoms with Crippen LogP contribution in [0.15, 0.2) is 70.8 Å². The predicted octanol–water partition coefficient (Wildman–Crippen LogP) is 5.14. The standard InChI is InChI=1S/C19H15BrN2O2S/c20-18-8-6-17(25-18)7-9-19(23)22-15-4-1-5-16(11-15)24-13-14-3-2-10-21-12-14/h1-12H,13H2,(H,22,23). The average molecular weight is 415 g/mol. The van der Waals surface area contributed by atoms with Crippen molar-refractivity contribution >= 4 is 44.9 Å². The van der Waals surface area contributed by atoms with Crippen LogP contribution in [0.4, 0.5) is 5.69 Å². The number of ether oxygens (including phenoxy) is 1. The smallest absolute Gasteiger partial charge is 0.248 e. The average Bonchev–Trinajstić information content (AvgIpc) is 3.05. The van der Waals surface area contributed by atoms with E-state index in [9.17, 15) is 4.79 Å². The zero-order valence-corrected chi connectivity index (χ0v) is 15.6. The molecule has 0 fully saturated rings. The summed E-state index contributed by atoms with van der Waals surface area (Å²) >= 11 is 4.97. The number of pyridine rings is 1. The lowest BCUT2D eigenvalue weighted by atomic mass is 10.3. The molecule has 2 heterocycles. The Hall–Kier alpha value is -2.44. The number of benzene rings is 1. The Morgan fingerprint density at radius 1 is 1.24 bits per heavy atom. The molecule has 25 heavy (non-hydrogen) atoms. The van der Waals surface area contributed by atoms with Crippen molar-refractivity contribution in [2.75, 3.05) is 5.32 Å². The van der Waals surface area contributed by atoms with Gasteiger partial charge in [-0.25, -0.2) is 0 Å². The lowest BCUT2D eigenvalue weighted by molar-refractivity contribution is -0.111.